The number of halogens is 2. The third kappa shape index (κ3) is 5.07. The van der Waals surface area contributed by atoms with Crippen LogP contribution in [0.5, 0.6) is 23.0 Å². The zero-order valence-electron chi connectivity index (χ0n) is 19.0. The number of carbonyl (C=O) groups is 1. The third-order valence-electron chi connectivity index (χ3n) is 5.47. The number of thiazole rings is 1. The van der Waals surface area contributed by atoms with Gasteiger partial charge in [0, 0.05) is 23.1 Å². The van der Waals surface area contributed by atoms with E-state index in [4.69, 9.17) is 30.5 Å². The molecule has 0 bridgehead atoms. The Kier molecular flexibility index (Phi) is 6.92. The lowest BCUT2D eigenvalue weighted by molar-refractivity contribution is 0.0946. The summed E-state index contributed by atoms with van der Waals surface area (Å²) in [7, 11) is 1.51. The van der Waals surface area contributed by atoms with Crippen molar-refractivity contribution in [1.82, 2.24) is 10.3 Å². The number of carbonyl (C=O) groups excluding carboxylic acids is 1. The smallest absolute Gasteiger partial charge is 0.271 e. The van der Waals surface area contributed by atoms with E-state index in [1.54, 1.807) is 29.6 Å². The minimum atomic E-state index is -0.440. The number of nitrogens with one attached hydrogen (secondary N) is 1. The first-order valence-electron chi connectivity index (χ1n) is 10.9. The monoisotopic (exact) mass is 526 g/mol. The second-order valence-electron chi connectivity index (χ2n) is 7.76. The maximum absolute atomic E-state index is 14.0. The molecule has 0 atom stereocenters. The molecule has 1 amide bonds. The zero-order chi connectivity index (χ0) is 25.1. The molecule has 0 unspecified atom stereocenters. The lowest BCUT2D eigenvalue weighted by atomic mass is 10.2. The summed E-state index contributed by atoms with van der Waals surface area (Å²) in [6.45, 7) is 0.477. The highest BCUT2D eigenvalue weighted by molar-refractivity contribution is 7.13. The largest absolute Gasteiger partial charge is 0.493 e. The Morgan fingerprint density at radius 1 is 1.14 bits per heavy atom. The number of hydrogen-bond donors (Lipinski definition) is 1. The van der Waals surface area contributed by atoms with Crippen molar-refractivity contribution < 1.29 is 28.1 Å². The fourth-order valence-corrected chi connectivity index (χ4v) is 4.59. The Hall–Kier alpha value is -3.82. The van der Waals surface area contributed by atoms with Crippen LogP contribution in [0.15, 0.2) is 60.0 Å². The third-order valence-corrected chi connectivity index (χ3v) is 6.72. The molecule has 5 rings (SSSR count). The molecule has 4 aromatic rings. The average Bonchev–Trinajstić information content (AvgIpc) is 3.57. The fourth-order valence-electron chi connectivity index (χ4n) is 3.57. The first kappa shape index (κ1) is 23.9. The van der Waals surface area contributed by atoms with Crippen LogP contribution in [0.25, 0.3) is 10.6 Å². The van der Waals surface area contributed by atoms with Gasteiger partial charge < -0.3 is 24.3 Å². The Morgan fingerprint density at radius 2 is 2.00 bits per heavy atom. The average molecular weight is 527 g/mol. The molecule has 7 nitrogen and oxygen atoms in total. The molecule has 10 heteroatoms. The van der Waals surface area contributed by atoms with E-state index in [1.807, 2.05) is 18.2 Å². The zero-order valence-corrected chi connectivity index (χ0v) is 20.6. The van der Waals surface area contributed by atoms with Crippen molar-refractivity contribution in [3.05, 3.63) is 87.6 Å². The summed E-state index contributed by atoms with van der Waals surface area (Å²) in [6.07, 6.45) is 0. The molecule has 0 aliphatic carbocycles. The number of nitrogens with zero attached hydrogens (tertiary/aromatic N) is 1. The lowest BCUT2D eigenvalue weighted by Crippen LogP contribution is -2.23. The predicted molar refractivity (Wildman–Crippen MR) is 134 cm³/mol. The van der Waals surface area contributed by atoms with Crippen molar-refractivity contribution in [3.63, 3.8) is 0 Å². The molecule has 0 saturated carbocycles. The molecule has 1 N–H and O–H groups in total. The van der Waals surface area contributed by atoms with Crippen LogP contribution in [0, 0.1) is 5.82 Å². The van der Waals surface area contributed by atoms with Gasteiger partial charge in [0.25, 0.3) is 5.91 Å². The van der Waals surface area contributed by atoms with Crippen LogP contribution in [0.4, 0.5) is 4.39 Å². The Labute approximate surface area is 215 Å². The summed E-state index contributed by atoms with van der Waals surface area (Å²) in [6, 6.07) is 15.3. The number of methoxy groups -OCH3 is 1. The highest BCUT2D eigenvalue weighted by Crippen LogP contribution is 2.35. The van der Waals surface area contributed by atoms with Crippen LogP contribution in [0.1, 0.15) is 21.6 Å². The quantitative estimate of drug-likeness (QED) is 0.310. The number of ether oxygens (including phenoxy) is 4. The maximum Gasteiger partial charge on any atom is 0.271 e. The summed E-state index contributed by atoms with van der Waals surface area (Å²) >= 11 is 7.42. The van der Waals surface area contributed by atoms with Crippen LogP contribution in [-0.4, -0.2) is 24.8 Å². The van der Waals surface area contributed by atoms with E-state index >= 15 is 0 Å². The number of rotatable bonds is 8. The minimum Gasteiger partial charge on any atom is -0.493 e. The predicted octanol–water partition coefficient (Wildman–Crippen LogP) is 5.85. The molecule has 0 spiro atoms. The second kappa shape index (κ2) is 10.4. The van der Waals surface area contributed by atoms with Crippen molar-refractivity contribution in [2.75, 3.05) is 13.9 Å². The number of hydrogen-bond acceptors (Lipinski definition) is 7. The van der Waals surface area contributed by atoms with E-state index in [9.17, 15) is 9.18 Å². The van der Waals surface area contributed by atoms with Gasteiger partial charge in [-0.05, 0) is 48.0 Å². The molecule has 0 fully saturated rings. The molecule has 1 aromatic heterocycles. The van der Waals surface area contributed by atoms with Gasteiger partial charge in [0.2, 0.25) is 6.79 Å². The number of aromatic nitrogens is 1. The van der Waals surface area contributed by atoms with E-state index < -0.39 is 5.82 Å². The van der Waals surface area contributed by atoms with Crippen molar-refractivity contribution in [2.24, 2.45) is 0 Å². The first-order valence-corrected chi connectivity index (χ1v) is 12.1. The molecule has 2 heterocycles. The summed E-state index contributed by atoms with van der Waals surface area (Å²) in [5.41, 5.74) is 2.22. The molecule has 184 valence electrons. The standard InChI is InChI=1S/C26H20ClFN2O5S/c1-32-23-10-16(6-8-21(23)33-12-17-18(27)3-2-4-19(17)28)26-30-20(13-36-26)25(31)29-11-15-5-7-22-24(9-15)35-14-34-22/h2-10,13H,11-12,14H2,1H3,(H,29,31). The van der Waals surface area contributed by atoms with Gasteiger partial charge in [-0.25, -0.2) is 9.37 Å². The first-order chi connectivity index (χ1) is 17.5. The van der Waals surface area contributed by atoms with Crippen molar-refractivity contribution in [1.29, 1.82) is 0 Å². The van der Waals surface area contributed by atoms with Gasteiger partial charge >= 0.3 is 0 Å². The van der Waals surface area contributed by atoms with Crippen LogP contribution in [0.3, 0.4) is 0 Å². The van der Waals surface area contributed by atoms with Gasteiger partial charge in [-0.15, -0.1) is 11.3 Å². The fraction of sp³-hybridized carbons (Fsp3) is 0.154. The molecule has 1 aliphatic rings. The molecular formula is C26H20ClFN2O5S. The van der Waals surface area contributed by atoms with Gasteiger partial charge in [0.05, 0.1) is 12.1 Å². The van der Waals surface area contributed by atoms with E-state index in [0.717, 1.165) is 11.1 Å². The van der Waals surface area contributed by atoms with Crippen molar-refractivity contribution in [3.8, 4) is 33.6 Å². The van der Waals surface area contributed by atoms with Crippen LogP contribution in [0.2, 0.25) is 5.02 Å². The van der Waals surface area contributed by atoms with Gasteiger partial charge in [-0.2, -0.15) is 0 Å². The van der Waals surface area contributed by atoms with E-state index in [0.29, 0.717) is 40.2 Å². The van der Waals surface area contributed by atoms with Gasteiger partial charge in [-0.3, -0.25) is 4.79 Å². The summed E-state index contributed by atoms with van der Waals surface area (Å²) < 4.78 is 35.9. The van der Waals surface area contributed by atoms with Gasteiger partial charge in [0.15, 0.2) is 23.0 Å². The summed E-state index contributed by atoms with van der Waals surface area (Å²) in [5.74, 6) is 1.50. The van der Waals surface area contributed by atoms with Crippen molar-refractivity contribution in [2.45, 2.75) is 13.2 Å². The molecule has 0 radical (unpaired) electrons. The normalized spacial score (nSPS) is 11.9. The molecule has 36 heavy (non-hydrogen) atoms. The topological polar surface area (TPSA) is 78.9 Å². The van der Waals surface area contributed by atoms with E-state index in [-0.39, 0.29) is 29.9 Å². The van der Waals surface area contributed by atoms with Crippen LogP contribution >= 0.6 is 22.9 Å². The highest BCUT2D eigenvalue weighted by atomic mass is 35.5. The summed E-state index contributed by atoms with van der Waals surface area (Å²) in [5, 5.41) is 5.50. The Bertz CT molecular complexity index is 1410. The number of fused-ring (bicyclic) bond motifs is 1. The van der Waals surface area contributed by atoms with Gasteiger partial charge in [0.1, 0.15) is 23.1 Å². The molecule has 0 saturated heterocycles. The molecule has 1 aliphatic heterocycles. The van der Waals surface area contributed by atoms with Gasteiger partial charge in [-0.1, -0.05) is 23.7 Å². The van der Waals surface area contributed by atoms with Crippen molar-refractivity contribution >= 4 is 28.8 Å². The van der Waals surface area contributed by atoms with Crippen LogP contribution < -0.4 is 24.3 Å². The second-order valence-corrected chi connectivity index (χ2v) is 9.03. The molecular weight excluding hydrogens is 507 g/mol. The Balaban J connectivity index is 1.25. The van der Waals surface area contributed by atoms with E-state index in [2.05, 4.69) is 10.3 Å². The Morgan fingerprint density at radius 3 is 2.83 bits per heavy atom. The van der Waals surface area contributed by atoms with E-state index in [1.165, 1.54) is 30.6 Å². The lowest BCUT2D eigenvalue weighted by Gasteiger charge is -2.13. The molecule has 3 aromatic carbocycles. The van der Waals surface area contributed by atoms with Crippen LogP contribution in [-0.2, 0) is 13.2 Å². The minimum absolute atomic E-state index is 0.0495. The number of benzene rings is 3. The number of amides is 1. The SMILES string of the molecule is COc1cc(-c2nc(C(=O)NCc3ccc4c(c3)OCO4)cs2)ccc1OCc1c(F)cccc1Cl. The highest BCUT2D eigenvalue weighted by Gasteiger charge is 2.17. The maximum atomic E-state index is 14.0. The summed E-state index contributed by atoms with van der Waals surface area (Å²) in [4.78, 5) is 17.1.